The molecule has 0 saturated heterocycles. The standard InChI is InChI=1S/C11H21N3/c1-4-6-12-8-11-9-14(7-5-2)13-10(11)3/h9,12H,4-8H2,1-3H3. The molecule has 0 aliphatic carbocycles. The molecule has 0 aromatic carbocycles. The van der Waals surface area contributed by atoms with Crippen molar-refractivity contribution in [3.8, 4) is 0 Å². The van der Waals surface area contributed by atoms with E-state index in [0.29, 0.717) is 0 Å². The quantitative estimate of drug-likeness (QED) is 0.704. The van der Waals surface area contributed by atoms with Crippen LogP contribution in [0, 0.1) is 6.92 Å². The van der Waals surface area contributed by atoms with Crippen LogP contribution in [0.5, 0.6) is 0 Å². The molecule has 0 unspecified atom stereocenters. The van der Waals surface area contributed by atoms with Gasteiger partial charge in [-0.15, -0.1) is 0 Å². The van der Waals surface area contributed by atoms with Crippen molar-refractivity contribution in [1.29, 1.82) is 0 Å². The minimum Gasteiger partial charge on any atom is -0.313 e. The van der Waals surface area contributed by atoms with Crippen molar-refractivity contribution in [2.75, 3.05) is 6.54 Å². The lowest BCUT2D eigenvalue weighted by atomic mass is 10.2. The molecule has 0 radical (unpaired) electrons. The highest BCUT2D eigenvalue weighted by molar-refractivity contribution is 5.14. The first-order chi connectivity index (χ1) is 6.77. The van der Waals surface area contributed by atoms with Gasteiger partial charge in [-0.25, -0.2) is 0 Å². The third-order valence-corrected chi connectivity index (χ3v) is 2.24. The highest BCUT2D eigenvalue weighted by Crippen LogP contribution is 2.05. The van der Waals surface area contributed by atoms with Gasteiger partial charge in [-0.3, -0.25) is 4.68 Å². The van der Waals surface area contributed by atoms with Crippen LogP contribution in [-0.4, -0.2) is 16.3 Å². The Balaban J connectivity index is 2.49. The second-order valence-electron chi connectivity index (χ2n) is 3.68. The van der Waals surface area contributed by atoms with E-state index in [1.54, 1.807) is 0 Å². The van der Waals surface area contributed by atoms with Crippen LogP contribution in [0.4, 0.5) is 0 Å². The van der Waals surface area contributed by atoms with Gasteiger partial charge in [0.1, 0.15) is 0 Å². The summed E-state index contributed by atoms with van der Waals surface area (Å²) in [5.74, 6) is 0. The molecule has 0 amide bonds. The van der Waals surface area contributed by atoms with Crippen LogP contribution in [0.2, 0.25) is 0 Å². The van der Waals surface area contributed by atoms with Crippen LogP contribution < -0.4 is 5.32 Å². The second kappa shape index (κ2) is 5.81. The Morgan fingerprint density at radius 2 is 2.14 bits per heavy atom. The number of nitrogens with zero attached hydrogens (tertiary/aromatic N) is 2. The molecule has 0 bridgehead atoms. The summed E-state index contributed by atoms with van der Waals surface area (Å²) in [6, 6.07) is 0. The SMILES string of the molecule is CCCNCc1cn(CCC)nc1C. The zero-order chi connectivity index (χ0) is 10.4. The molecule has 80 valence electrons. The second-order valence-corrected chi connectivity index (χ2v) is 3.68. The van der Waals surface area contributed by atoms with Crippen molar-refractivity contribution in [3.05, 3.63) is 17.5 Å². The fourth-order valence-electron chi connectivity index (χ4n) is 1.48. The van der Waals surface area contributed by atoms with Crippen molar-refractivity contribution in [1.82, 2.24) is 15.1 Å². The molecule has 14 heavy (non-hydrogen) atoms. The summed E-state index contributed by atoms with van der Waals surface area (Å²) in [6.07, 6.45) is 4.48. The fraction of sp³-hybridized carbons (Fsp3) is 0.727. The summed E-state index contributed by atoms with van der Waals surface area (Å²) in [4.78, 5) is 0. The van der Waals surface area contributed by atoms with Crippen molar-refractivity contribution in [2.24, 2.45) is 0 Å². The first kappa shape index (κ1) is 11.2. The van der Waals surface area contributed by atoms with Gasteiger partial charge in [0.2, 0.25) is 0 Å². The minimum absolute atomic E-state index is 0.948. The molecule has 3 nitrogen and oxygen atoms in total. The largest absolute Gasteiger partial charge is 0.313 e. The van der Waals surface area contributed by atoms with E-state index in [4.69, 9.17) is 0 Å². The molecule has 0 aliphatic rings. The monoisotopic (exact) mass is 195 g/mol. The van der Waals surface area contributed by atoms with E-state index in [1.807, 2.05) is 4.68 Å². The van der Waals surface area contributed by atoms with Crippen LogP contribution >= 0.6 is 0 Å². The lowest BCUT2D eigenvalue weighted by Crippen LogP contribution is -2.13. The topological polar surface area (TPSA) is 29.9 Å². The third-order valence-electron chi connectivity index (χ3n) is 2.24. The van der Waals surface area contributed by atoms with E-state index in [1.165, 1.54) is 12.0 Å². The Bertz CT molecular complexity index is 265. The lowest BCUT2D eigenvalue weighted by Gasteiger charge is -2.00. The Morgan fingerprint density at radius 3 is 2.79 bits per heavy atom. The van der Waals surface area contributed by atoms with Gasteiger partial charge in [0.15, 0.2) is 0 Å². The summed E-state index contributed by atoms with van der Waals surface area (Å²) >= 11 is 0. The summed E-state index contributed by atoms with van der Waals surface area (Å²) < 4.78 is 2.04. The zero-order valence-corrected chi connectivity index (χ0v) is 9.51. The first-order valence-electron chi connectivity index (χ1n) is 5.51. The number of aryl methyl sites for hydroxylation is 2. The smallest absolute Gasteiger partial charge is 0.0638 e. The normalized spacial score (nSPS) is 10.8. The maximum atomic E-state index is 4.46. The Hall–Kier alpha value is -0.830. The van der Waals surface area contributed by atoms with Crippen LogP contribution in [0.15, 0.2) is 6.20 Å². The molecule has 0 aliphatic heterocycles. The Morgan fingerprint density at radius 1 is 1.36 bits per heavy atom. The Labute approximate surface area is 86.5 Å². The van der Waals surface area contributed by atoms with E-state index in [9.17, 15) is 0 Å². The van der Waals surface area contributed by atoms with Gasteiger partial charge in [0.25, 0.3) is 0 Å². The highest BCUT2D eigenvalue weighted by Gasteiger charge is 2.02. The molecule has 1 N–H and O–H groups in total. The van der Waals surface area contributed by atoms with E-state index < -0.39 is 0 Å². The van der Waals surface area contributed by atoms with Gasteiger partial charge in [0.05, 0.1) is 5.69 Å². The lowest BCUT2D eigenvalue weighted by molar-refractivity contribution is 0.597. The molecule has 1 heterocycles. The van der Waals surface area contributed by atoms with Crippen LogP contribution in [-0.2, 0) is 13.1 Å². The van der Waals surface area contributed by atoms with Gasteiger partial charge >= 0.3 is 0 Å². The minimum atomic E-state index is 0.948. The first-order valence-corrected chi connectivity index (χ1v) is 5.51. The predicted molar refractivity (Wildman–Crippen MR) is 59.3 cm³/mol. The number of nitrogens with one attached hydrogen (secondary N) is 1. The zero-order valence-electron chi connectivity index (χ0n) is 9.51. The molecular weight excluding hydrogens is 174 g/mol. The van der Waals surface area contributed by atoms with Gasteiger partial charge in [0, 0.05) is 24.8 Å². The maximum Gasteiger partial charge on any atom is 0.0638 e. The van der Waals surface area contributed by atoms with Crippen molar-refractivity contribution in [3.63, 3.8) is 0 Å². The van der Waals surface area contributed by atoms with Crippen LogP contribution in [0.25, 0.3) is 0 Å². The molecule has 0 atom stereocenters. The van der Waals surface area contributed by atoms with Crippen LogP contribution in [0.3, 0.4) is 0 Å². The summed E-state index contributed by atoms with van der Waals surface area (Å²) in [5.41, 5.74) is 2.48. The van der Waals surface area contributed by atoms with Crippen molar-refractivity contribution in [2.45, 2.75) is 46.7 Å². The van der Waals surface area contributed by atoms with Crippen molar-refractivity contribution < 1.29 is 0 Å². The number of hydrogen-bond donors (Lipinski definition) is 1. The maximum absolute atomic E-state index is 4.46. The van der Waals surface area contributed by atoms with E-state index in [2.05, 4.69) is 37.4 Å². The predicted octanol–water partition coefficient (Wildman–Crippen LogP) is 2.10. The fourth-order valence-corrected chi connectivity index (χ4v) is 1.48. The molecule has 1 aromatic rings. The van der Waals surface area contributed by atoms with Gasteiger partial charge in [-0.05, 0) is 26.3 Å². The average molecular weight is 195 g/mol. The van der Waals surface area contributed by atoms with Gasteiger partial charge < -0.3 is 5.32 Å². The van der Waals surface area contributed by atoms with Gasteiger partial charge in [-0.2, -0.15) is 5.10 Å². The van der Waals surface area contributed by atoms with Gasteiger partial charge in [-0.1, -0.05) is 13.8 Å². The number of aromatic nitrogens is 2. The average Bonchev–Trinajstić information content (AvgIpc) is 2.48. The molecular formula is C11H21N3. The van der Waals surface area contributed by atoms with E-state index in [-0.39, 0.29) is 0 Å². The molecule has 1 rings (SSSR count). The summed E-state index contributed by atoms with van der Waals surface area (Å²) in [7, 11) is 0. The summed E-state index contributed by atoms with van der Waals surface area (Å²) in [5, 5.41) is 7.85. The highest BCUT2D eigenvalue weighted by atomic mass is 15.3. The molecule has 0 spiro atoms. The van der Waals surface area contributed by atoms with Crippen molar-refractivity contribution >= 4 is 0 Å². The number of rotatable bonds is 6. The third kappa shape index (κ3) is 3.14. The molecule has 3 heteroatoms. The molecule has 0 fully saturated rings. The van der Waals surface area contributed by atoms with E-state index >= 15 is 0 Å². The number of hydrogen-bond acceptors (Lipinski definition) is 2. The molecule has 0 saturated carbocycles. The Kier molecular flexibility index (Phi) is 4.66. The van der Waals surface area contributed by atoms with Crippen LogP contribution in [0.1, 0.15) is 37.9 Å². The molecule has 1 aromatic heterocycles. The summed E-state index contributed by atoms with van der Waals surface area (Å²) in [6.45, 7) is 9.48. The van der Waals surface area contributed by atoms with E-state index in [0.717, 1.165) is 31.7 Å².